The average Bonchev–Trinajstić information content (AvgIpc) is 2.77. The quantitative estimate of drug-likeness (QED) is 0.872. The normalized spacial score (nSPS) is 10.9. The summed E-state index contributed by atoms with van der Waals surface area (Å²) >= 11 is 3.47. The Labute approximate surface area is 109 Å². The second kappa shape index (κ2) is 4.87. The van der Waals surface area contributed by atoms with Crippen molar-refractivity contribution in [2.24, 2.45) is 0 Å². The van der Waals surface area contributed by atoms with Gasteiger partial charge in [-0.3, -0.25) is 0 Å². The van der Waals surface area contributed by atoms with Crippen LogP contribution in [0.5, 0.6) is 5.75 Å². The van der Waals surface area contributed by atoms with E-state index in [1.165, 1.54) is 0 Å². The second-order valence-electron chi connectivity index (χ2n) is 4.00. The number of ether oxygens (including phenoxy) is 1. The lowest BCUT2D eigenvalue weighted by Gasteiger charge is -2.11. The molecule has 0 fully saturated rings. The molecule has 0 aliphatic heterocycles. The number of halogens is 1. The zero-order chi connectivity index (χ0) is 12.4. The van der Waals surface area contributed by atoms with Crippen molar-refractivity contribution in [1.82, 2.24) is 14.8 Å². The number of benzene rings is 1. The summed E-state index contributed by atoms with van der Waals surface area (Å²) in [6.07, 6.45) is 1.75. The lowest BCUT2D eigenvalue weighted by molar-refractivity contribution is 0.412. The summed E-state index contributed by atoms with van der Waals surface area (Å²) in [5, 5.41) is 8.11. The summed E-state index contributed by atoms with van der Waals surface area (Å²) < 4.78 is 8.15. The molecule has 1 heterocycles. The van der Waals surface area contributed by atoms with Gasteiger partial charge in [0, 0.05) is 11.6 Å². The van der Waals surface area contributed by atoms with E-state index in [9.17, 15) is 0 Å². The highest BCUT2D eigenvalue weighted by Gasteiger charge is 2.11. The first-order valence-electron chi connectivity index (χ1n) is 5.37. The Morgan fingerprint density at radius 3 is 2.71 bits per heavy atom. The van der Waals surface area contributed by atoms with Gasteiger partial charge in [-0.1, -0.05) is 0 Å². The molecule has 0 radical (unpaired) electrons. The molecule has 2 rings (SSSR count). The molecule has 2 aromatic rings. The Bertz CT molecular complexity index is 522. The topological polar surface area (TPSA) is 39.9 Å². The summed E-state index contributed by atoms with van der Waals surface area (Å²) in [5.41, 5.74) is 1.02. The van der Waals surface area contributed by atoms with E-state index in [4.69, 9.17) is 4.74 Å². The van der Waals surface area contributed by atoms with Gasteiger partial charge < -0.3 is 9.30 Å². The fourth-order valence-electron chi connectivity index (χ4n) is 1.63. The SMILES string of the molecule is COc1ccc(-c2nncn2C(C)C)cc1Br. The molecule has 0 spiro atoms. The molecule has 0 aliphatic carbocycles. The molecule has 0 unspecified atom stereocenters. The van der Waals surface area contributed by atoms with Gasteiger partial charge in [0.25, 0.3) is 0 Å². The van der Waals surface area contributed by atoms with Crippen molar-refractivity contribution in [3.63, 3.8) is 0 Å². The van der Waals surface area contributed by atoms with Crippen LogP contribution in [-0.4, -0.2) is 21.9 Å². The minimum atomic E-state index is 0.334. The second-order valence-corrected chi connectivity index (χ2v) is 4.86. The number of hydrogen-bond acceptors (Lipinski definition) is 3. The Balaban J connectivity index is 2.46. The van der Waals surface area contributed by atoms with Crippen LogP contribution in [0.1, 0.15) is 19.9 Å². The van der Waals surface area contributed by atoms with E-state index >= 15 is 0 Å². The predicted molar refractivity (Wildman–Crippen MR) is 70.1 cm³/mol. The maximum atomic E-state index is 5.21. The number of hydrogen-bond donors (Lipinski definition) is 0. The minimum Gasteiger partial charge on any atom is -0.496 e. The third kappa shape index (κ3) is 2.34. The summed E-state index contributed by atoms with van der Waals surface area (Å²) in [6, 6.07) is 6.22. The van der Waals surface area contributed by atoms with Crippen LogP contribution in [0.4, 0.5) is 0 Å². The van der Waals surface area contributed by atoms with Crippen molar-refractivity contribution in [1.29, 1.82) is 0 Å². The molecule has 5 heteroatoms. The summed E-state index contributed by atoms with van der Waals surface area (Å²) in [4.78, 5) is 0. The first-order valence-corrected chi connectivity index (χ1v) is 6.16. The molecule has 0 saturated heterocycles. The standard InChI is InChI=1S/C12H14BrN3O/c1-8(2)16-7-14-15-12(16)9-4-5-11(17-3)10(13)6-9/h4-8H,1-3H3. The molecule has 1 aromatic heterocycles. The van der Waals surface area contributed by atoms with Gasteiger partial charge in [0.1, 0.15) is 12.1 Å². The molecule has 0 saturated carbocycles. The highest BCUT2D eigenvalue weighted by atomic mass is 79.9. The van der Waals surface area contributed by atoms with Crippen LogP contribution < -0.4 is 4.74 Å². The van der Waals surface area contributed by atoms with Gasteiger partial charge in [0.05, 0.1) is 11.6 Å². The van der Waals surface area contributed by atoms with Gasteiger partial charge in [-0.2, -0.15) is 0 Å². The first-order chi connectivity index (χ1) is 8.13. The first kappa shape index (κ1) is 12.1. The third-order valence-electron chi connectivity index (χ3n) is 2.54. The third-order valence-corrected chi connectivity index (χ3v) is 3.16. The van der Waals surface area contributed by atoms with E-state index in [0.29, 0.717) is 6.04 Å². The van der Waals surface area contributed by atoms with Crippen molar-refractivity contribution in [2.45, 2.75) is 19.9 Å². The fraction of sp³-hybridized carbons (Fsp3) is 0.333. The molecular weight excluding hydrogens is 282 g/mol. The van der Waals surface area contributed by atoms with Crippen molar-refractivity contribution in [2.75, 3.05) is 7.11 Å². The molecule has 1 aromatic carbocycles. The Morgan fingerprint density at radius 1 is 1.35 bits per heavy atom. The predicted octanol–water partition coefficient (Wildman–Crippen LogP) is 3.30. The van der Waals surface area contributed by atoms with E-state index in [2.05, 4.69) is 40.0 Å². The Hall–Kier alpha value is -1.36. The van der Waals surface area contributed by atoms with Crippen molar-refractivity contribution >= 4 is 15.9 Å². The highest BCUT2D eigenvalue weighted by Crippen LogP contribution is 2.30. The highest BCUT2D eigenvalue weighted by molar-refractivity contribution is 9.10. The molecule has 17 heavy (non-hydrogen) atoms. The molecule has 0 N–H and O–H groups in total. The Kier molecular flexibility index (Phi) is 3.47. The number of aromatic nitrogens is 3. The largest absolute Gasteiger partial charge is 0.496 e. The summed E-state index contributed by atoms with van der Waals surface area (Å²) in [7, 11) is 1.65. The molecule has 0 amide bonds. The summed E-state index contributed by atoms with van der Waals surface area (Å²) in [6.45, 7) is 4.21. The maximum Gasteiger partial charge on any atom is 0.164 e. The Morgan fingerprint density at radius 2 is 2.12 bits per heavy atom. The van der Waals surface area contributed by atoms with E-state index in [1.54, 1.807) is 13.4 Å². The van der Waals surface area contributed by atoms with Crippen LogP contribution in [-0.2, 0) is 0 Å². The number of methoxy groups -OCH3 is 1. The maximum absolute atomic E-state index is 5.21. The van der Waals surface area contributed by atoms with Crippen LogP contribution in [0.3, 0.4) is 0 Å². The van der Waals surface area contributed by atoms with Gasteiger partial charge in [-0.25, -0.2) is 0 Å². The van der Waals surface area contributed by atoms with E-state index in [-0.39, 0.29) is 0 Å². The molecular formula is C12H14BrN3O. The molecule has 0 atom stereocenters. The summed E-state index contributed by atoms with van der Waals surface area (Å²) in [5.74, 6) is 1.67. The molecule has 90 valence electrons. The number of rotatable bonds is 3. The lowest BCUT2D eigenvalue weighted by Crippen LogP contribution is -2.01. The van der Waals surface area contributed by atoms with E-state index in [0.717, 1.165) is 21.6 Å². The molecule has 4 nitrogen and oxygen atoms in total. The molecule has 0 bridgehead atoms. The van der Waals surface area contributed by atoms with E-state index in [1.807, 2.05) is 22.8 Å². The van der Waals surface area contributed by atoms with Crippen LogP contribution in [0.2, 0.25) is 0 Å². The van der Waals surface area contributed by atoms with Crippen molar-refractivity contribution in [3.05, 3.63) is 29.0 Å². The van der Waals surface area contributed by atoms with Gasteiger partial charge in [0.15, 0.2) is 5.82 Å². The van der Waals surface area contributed by atoms with Gasteiger partial charge in [-0.05, 0) is 48.0 Å². The van der Waals surface area contributed by atoms with Crippen molar-refractivity contribution < 1.29 is 4.74 Å². The zero-order valence-electron chi connectivity index (χ0n) is 10.0. The fourth-order valence-corrected chi connectivity index (χ4v) is 2.17. The van der Waals surface area contributed by atoms with Gasteiger partial charge in [0.2, 0.25) is 0 Å². The average molecular weight is 296 g/mol. The van der Waals surface area contributed by atoms with Crippen LogP contribution in [0, 0.1) is 0 Å². The van der Waals surface area contributed by atoms with Gasteiger partial charge >= 0.3 is 0 Å². The van der Waals surface area contributed by atoms with Crippen molar-refractivity contribution in [3.8, 4) is 17.1 Å². The lowest BCUT2D eigenvalue weighted by atomic mass is 10.2. The zero-order valence-corrected chi connectivity index (χ0v) is 11.6. The van der Waals surface area contributed by atoms with E-state index < -0.39 is 0 Å². The van der Waals surface area contributed by atoms with Gasteiger partial charge in [-0.15, -0.1) is 10.2 Å². The van der Waals surface area contributed by atoms with Crippen LogP contribution in [0.15, 0.2) is 29.0 Å². The number of nitrogens with zero attached hydrogens (tertiary/aromatic N) is 3. The molecule has 0 aliphatic rings. The van der Waals surface area contributed by atoms with Crippen LogP contribution in [0.25, 0.3) is 11.4 Å². The minimum absolute atomic E-state index is 0.334. The monoisotopic (exact) mass is 295 g/mol. The smallest absolute Gasteiger partial charge is 0.164 e. The van der Waals surface area contributed by atoms with Crippen LogP contribution >= 0.6 is 15.9 Å².